The molecule has 1 N–H and O–H groups in total. The molecule has 1 aromatic rings. The highest BCUT2D eigenvalue weighted by atomic mass is 79.9. The lowest BCUT2D eigenvalue weighted by atomic mass is 9.86. The maximum absolute atomic E-state index is 13.2. The van der Waals surface area contributed by atoms with Gasteiger partial charge in [-0.25, -0.2) is 4.39 Å². The van der Waals surface area contributed by atoms with Gasteiger partial charge in [-0.15, -0.1) is 0 Å². The Kier molecular flexibility index (Phi) is 5.58. The zero-order valence-electron chi connectivity index (χ0n) is 12.2. The zero-order chi connectivity index (χ0) is 14.6. The Labute approximate surface area is 129 Å². The lowest BCUT2D eigenvalue weighted by Crippen LogP contribution is -2.46. The van der Waals surface area contributed by atoms with E-state index in [9.17, 15) is 4.39 Å². The molecule has 20 heavy (non-hydrogen) atoms. The molecule has 0 saturated carbocycles. The Hall–Kier alpha value is -0.450. The molecule has 1 atom stereocenters. The van der Waals surface area contributed by atoms with Gasteiger partial charge in [0.15, 0.2) is 0 Å². The standard InChI is InChI=1S/C16H23BrFNO/c1-3-16(4-2)10-13(7-8-20-16)19-11-12-5-6-15(18)14(17)9-12/h5-6,9,13,19H,3-4,7-8,10-11H2,1-2H3. The van der Waals surface area contributed by atoms with E-state index < -0.39 is 0 Å². The summed E-state index contributed by atoms with van der Waals surface area (Å²) in [5, 5.41) is 3.58. The molecule has 1 fully saturated rings. The van der Waals surface area contributed by atoms with E-state index in [0.717, 1.165) is 44.4 Å². The third kappa shape index (κ3) is 3.80. The minimum absolute atomic E-state index is 0.0410. The van der Waals surface area contributed by atoms with Gasteiger partial charge in [-0.05, 0) is 59.3 Å². The topological polar surface area (TPSA) is 21.3 Å². The van der Waals surface area contributed by atoms with E-state index in [4.69, 9.17) is 4.74 Å². The molecular weight excluding hydrogens is 321 g/mol. The monoisotopic (exact) mass is 343 g/mol. The summed E-state index contributed by atoms with van der Waals surface area (Å²) in [6.07, 6.45) is 4.22. The summed E-state index contributed by atoms with van der Waals surface area (Å²) >= 11 is 3.23. The summed E-state index contributed by atoms with van der Waals surface area (Å²) in [5.41, 5.74) is 1.14. The van der Waals surface area contributed by atoms with Crippen LogP contribution in [-0.2, 0) is 11.3 Å². The minimum Gasteiger partial charge on any atom is -0.375 e. The van der Waals surface area contributed by atoms with Gasteiger partial charge in [0, 0.05) is 19.2 Å². The lowest BCUT2D eigenvalue weighted by Gasteiger charge is -2.40. The van der Waals surface area contributed by atoms with Crippen LogP contribution in [0.25, 0.3) is 0 Å². The van der Waals surface area contributed by atoms with Gasteiger partial charge >= 0.3 is 0 Å². The predicted octanol–water partition coefficient (Wildman–Crippen LogP) is 4.42. The van der Waals surface area contributed by atoms with Gasteiger partial charge in [0.2, 0.25) is 0 Å². The van der Waals surface area contributed by atoms with Crippen LogP contribution >= 0.6 is 15.9 Å². The number of hydrogen-bond donors (Lipinski definition) is 1. The van der Waals surface area contributed by atoms with Crippen LogP contribution in [-0.4, -0.2) is 18.2 Å². The molecule has 0 aromatic heterocycles. The lowest BCUT2D eigenvalue weighted by molar-refractivity contribution is -0.0932. The molecule has 1 aliphatic heterocycles. The van der Waals surface area contributed by atoms with Gasteiger partial charge in [-0.3, -0.25) is 0 Å². The fourth-order valence-electron chi connectivity index (χ4n) is 2.86. The second-order valence-corrected chi connectivity index (χ2v) is 6.41. The van der Waals surface area contributed by atoms with Crippen LogP contribution in [0, 0.1) is 5.82 Å². The van der Waals surface area contributed by atoms with Crippen molar-refractivity contribution in [2.45, 2.75) is 57.7 Å². The van der Waals surface area contributed by atoms with Crippen molar-refractivity contribution in [2.24, 2.45) is 0 Å². The Bertz CT molecular complexity index is 448. The molecule has 0 amide bonds. The first kappa shape index (κ1) is 15.9. The van der Waals surface area contributed by atoms with E-state index in [1.165, 1.54) is 6.07 Å². The smallest absolute Gasteiger partial charge is 0.137 e. The van der Waals surface area contributed by atoms with Crippen molar-refractivity contribution in [1.82, 2.24) is 5.32 Å². The molecule has 0 radical (unpaired) electrons. The van der Waals surface area contributed by atoms with Crippen molar-refractivity contribution in [3.63, 3.8) is 0 Å². The van der Waals surface area contributed by atoms with Gasteiger partial charge < -0.3 is 10.1 Å². The van der Waals surface area contributed by atoms with Gasteiger partial charge in [-0.2, -0.15) is 0 Å². The van der Waals surface area contributed by atoms with Crippen LogP contribution in [0.4, 0.5) is 4.39 Å². The fraction of sp³-hybridized carbons (Fsp3) is 0.625. The number of ether oxygens (including phenoxy) is 1. The highest BCUT2D eigenvalue weighted by Gasteiger charge is 2.34. The van der Waals surface area contributed by atoms with Gasteiger partial charge in [0.25, 0.3) is 0 Å². The van der Waals surface area contributed by atoms with E-state index in [1.54, 1.807) is 0 Å². The Morgan fingerprint density at radius 2 is 2.15 bits per heavy atom. The third-order valence-electron chi connectivity index (χ3n) is 4.36. The summed E-state index contributed by atoms with van der Waals surface area (Å²) in [5.74, 6) is -0.212. The number of nitrogens with one attached hydrogen (secondary N) is 1. The predicted molar refractivity (Wildman–Crippen MR) is 83.2 cm³/mol. The molecular formula is C16H23BrFNO. The first-order valence-corrected chi connectivity index (χ1v) is 8.19. The number of benzene rings is 1. The minimum atomic E-state index is -0.212. The largest absolute Gasteiger partial charge is 0.375 e. The van der Waals surface area contributed by atoms with Crippen molar-refractivity contribution < 1.29 is 9.13 Å². The molecule has 4 heteroatoms. The van der Waals surface area contributed by atoms with Crippen LogP contribution < -0.4 is 5.32 Å². The van der Waals surface area contributed by atoms with E-state index in [1.807, 2.05) is 12.1 Å². The highest BCUT2D eigenvalue weighted by Crippen LogP contribution is 2.31. The second kappa shape index (κ2) is 7.01. The first-order valence-electron chi connectivity index (χ1n) is 7.40. The maximum atomic E-state index is 13.2. The average molecular weight is 344 g/mol. The second-order valence-electron chi connectivity index (χ2n) is 5.56. The zero-order valence-corrected chi connectivity index (χ0v) is 13.8. The molecule has 1 unspecified atom stereocenters. The molecule has 1 aliphatic rings. The van der Waals surface area contributed by atoms with Crippen LogP contribution in [0.5, 0.6) is 0 Å². The SMILES string of the molecule is CCC1(CC)CC(NCc2ccc(F)c(Br)c2)CCO1. The van der Waals surface area contributed by atoms with Crippen LogP contribution in [0.15, 0.2) is 22.7 Å². The van der Waals surface area contributed by atoms with E-state index >= 15 is 0 Å². The average Bonchev–Trinajstić information content (AvgIpc) is 2.48. The molecule has 2 nitrogen and oxygen atoms in total. The van der Waals surface area contributed by atoms with Crippen LogP contribution in [0.2, 0.25) is 0 Å². The molecule has 1 heterocycles. The third-order valence-corrected chi connectivity index (χ3v) is 4.97. The van der Waals surface area contributed by atoms with E-state index in [0.29, 0.717) is 10.5 Å². The molecule has 1 saturated heterocycles. The van der Waals surface area contributed by atoms with Crippen molar-refractivity contribution in [3.05, 3.63) is 34.1 Å². The van der Waals surface area contributed by atoms with E-state index in [-0.39, 0.29) is 11.4 Å². The molecule has 0 bridgehead atoms. The number of halogens is 2. The highest BCUT2D eigenvalue weighted by molar-refractivity contribution is 9.10. The van der Waals surface area contributed by atoms with Crippen LogP contribution in [0.3, 0.4) is 0 Å². The van der Waals surface area contributed by atoms with Gasteiger partial charge in [-0.1, -0.05) is 19.9 Å². The summed E-state index contributed by atoms with van der Waals surface area (Å²) < 4.78 is 19.7. The normalized spacial score (nSPS) is 21.9. The van der Waals surface area contributed by atoms with Crippen LogP contribution in [0.1, 0.15) is 45.1 Å². The summed E-state index contributed by atoms with van der Waals surface area (Å²) in [6, 6.07) is 5.66. The molecule has 112 valence electrons. The van der Waals surface area contributed by atoms with Gasteiger partial charge in [0.05, 0.1) is 10.1 Å². The van der Waals surface area contributed by atoms with Gasteiger partial charge in [0.1, 0.15) is 5.82 Å². The molecule has 2 rings (SSSR count). The van der Waals surface area contributed by atoms with Crippen molar-refractivity contribution in [3.8, 4) is 0 Å². The molecule has 0 aliphatic carbocycles. The maximum Gasteiger partial charge on any atom is 0.137 e. The molecule has 1 aromatic carbocycles. The number of hydrogen-bond acceptors (Lipinski definition) is 2. The summed E-state index contributed by atoms with van der Waals surface area (Å²) in [6.45, 7) is 5.99. The molecule has 0 spiro atoms. The fourth-order valence-corrected chi connectivity index (χ4v) is 3.28. The first-order chi connectivity index (χ1) is 9.58. The summed E-state index contributed by atoms with van der Waals surface area (Å²) in [7, 11) is 0. The number of rotatable bonds is 5. The Morgan fingerprint density at radius 3 is 2.80 bits per heavy atom. The van der Waals surface area contributed by atoms with Crippen molar-refractivity contribution in [1.29, 1.82) is 0 Å². The quantitative estimate of drug-likeness (QED) is 0.854. The summed E-state index contributed by atoms with van der Waals surface area (Å²) in [4.78, 5) is 0. The van der Waals surface area contributed by atoms with Crippen molar-refractivity contribution in [2.75, 3.05) is 6.61 Å². The Morgan fingerprint density at radius 1 is 1.40 bits per heavy atom. The Balaban J connectivity index is 1.91. The van der Waals surface area contributed by atoms with Crippen molar-refractivity contribution >= 4 is 15.9 Å². The van der Waals surface area contributed by atoms with E-state index in [2.05, 4.69) is 35.1 Å².